The third-order valence-electron chi connectivity index (χ3n) is 5.59. The van der Waals surface area contributed by atoms with Crippen molar-refractivity contribution in [3.05, 3.63) is 0 Å². The number of rotatable bonds is 6. The van der Waals surface area contributed by atoms with E-state index < -0.39 is 17.7 Å². The lowest BCUT2D eigenvalue weighted by atomic mass is 9.54. The Morgan fingerprint density at radius 1 is 1.21 bits per heavy atom. The second kappa shape index (κ2) is 7.42. The van der Waals surface area contributed by atoms with E-state index in [4.69, 9.17) is 4.74 Å². The number of imide groups is 1. The highest BCUT2D eigenvalue weighted by molar-refractivity contribution is 5.92. The molecule has 2 amide bonds. The first-order valence-corrected chi connectivity index (χ1v) is 9.03. The van der Waals surface area contributed by atoms with E-state index in [0.717, 1.165) is 17.7 Å². The van der Waals surface area contributed by atoms with Gasteiger partial charge in [-0.3, -0.25) is 4.79 Å². The first-order chi connectivity index (χ1) is 10.9. The van der Waals surface area contributed by atoms with Crippen molar-refractivity contribution in [1.29, 1.82) is 0 Å². The van der Waals surface area contributed by atoms with Gasteiger partial charge in [-0.1, -0.05) is 34.1 Å². The summed E-state index contributed by atoms with van der Waals surface area (Å²) < 4.78 is 5.40. The Balaban J connectivity index is 2.97. The van der Waals surface area contributed by atoms with Crippen LogP contribution in [0.4, 0.5) is 4.79 Å². The predicted molar refractivity (Wildman–Crippen MR) is 94.6 cm³/mol. The van der Waals surface area contributed by atoms with Crippen LogP contribution >= 0.6 is 0 Å². The number of amides is 2. The van der Waals surface area contributed by atoms with E-state index in [1.807, 2.05) is 6.92 Å². The highest BCUT2D eigenvalue weighted by Crippen LogP contribution is 2.55. The number of hydrogen-bond donors (Lipinski definition) is 1. The highest BCUT2D eigenvalue weighted by Gasteiger charge is 2.47. The van der Waals surface area contributed by atoms with Gasteiger partial charge >= 0.3 is 6.09 Å². The maximum atomic E-state index is 12.9. The SMILES string of the molecule is CC[C@@H](CO)N(C(=O)CC(C)(C)C1(C)CCC1)C(=O)OC(C)(C)C. The molecular weight excluding hydrogens is 306 g/mol. The quantitative estimate of drug-likeness (QED) is 0.789. The number of carbonyl (C=O) groups is 2. The molecule has 5 heteroatoms. The summed E-state index contributed by atoms with van der Waals surface area (Å²) in [6.45, 7) is 13.3. The molecule has 1 aliphatic carbocycles. The largest absolute Gasteiger partial charge is 0.443 e. The van der Waals surface area contributed by atoms with Crippen molar-refractivity contribution >= 4 is 12.0 Å². The summed E-state index contributed by atoms with van der Waals surface area (Å²) >= 11 is 0. The second-order valence-corrected chi connectivity index (χ2v) is 8.96. The topological polar surface area (TPSA) is 66.8 Å². The van der Waals surface area contributed by atoms with Gasteiger partial charge in [0, 0.05) is 6.42 Å². The lowest BCUT2D eigenvalue weighted by molar-refractivity contribution is -0.139. The molecule has 140 valence electrons. The third kappa shape index (κ3) is 4.71. The lowest BCUT2D eigenvalue weighted by Crippen LogP contribution is -2.51. The van der Waals surface area contributed by atoms with Crippen molar-refractivity contribution in [3.63, 3.8) is 0 Å². The molecule has 1 fully saturated rings. The molecule has 0 radical (unpaired) electrons. The van der Waals surface area contributed by atoms with Crippen LogP contribution in [0.25, 0.3) is 0 Å². The van der Waals surface area contributed by atoms with Gasteiger partial charge in [0.15, 0.2) is 0 Å². The number of nitrogens with zero attached hydrogens (tertiary/aromatic N) is 1. The predicted octanol–water partition coefficient (Wildman–Crippen LogP) is 4.13. The fourth-order valence-corrected chi connectivity index (χ4v) is 3.22. The Hall–Kier alpha value is -1.10. The molecule has 0 bridgehead atoms. The minimum absolute atomic E-state index is 0.128. The summed E-state index contributed by atoms with van der Waals surface area (Å²) in [5.41, 5.74) is -0.752. The molecule has 0 unspecified atom stereocenters. The summed E-state index contributed by atoms with van der Waals surface area (Å²) in [7, 11) is 0. The molecule has 24 heavy (non-hydrogen) atoms. The van der Waals surface area contributed by atoms with Gasteiger partial charge in [0.05, 0.1) is 12.6 Å². The van der Waals surface area contributed by atoms with Crippen molar-refractivity contribution < 1.29 is 19.4 Å². The molecular formula is C19H35NO4. The van der Waals surface area contributed by atoms with Crippen LogP contribution in [0.3, 0.4) is 0 Å². The van der Waals surface area contributed by atoms with Gasteiger partial charge in [0.2, 0.25) is 5.91 Å². The van der Waals surface area contributed by atoms with E-state index in [2.05, 4.69) is 20.8 Å². The molecule has 0 aromatic rings. The van der Waals surface area contributed by atoms with Gasteiger partial charge < -0.3 is 9.84 Å². The molecule has 1 atom stereocenters. The first kappa shape index (κ1) is 20.9. The molecule has 1 saturated carbocycles. The molecule has 0 spiro atoms. The number of aliphatic hydroxyl groups is 1. The molecule has 0 saturated heterocycles. The number of ether oxygens (including phenoxy) is 1. The van der Waals surface area contributed by atoms with Crippen LogP contribution in [0.2, 0.25) is 0 Å². The fourth-order valence-electron chi connectivity index (χ4n) is 3.22. The minimum atomic E-state index is -0.682. The highest BCUT2D eigenvalue weighted by atomic mass is 16.6. The van der Waals surface area contributed by atoms with Crippen LogP contribution in [0.5, 0.6) is 0 Å². The number of hydrogen-bond acceptors (Lipinski definition) is 4. The monoisotopic (exact) mass is 341 g/mol. The summed E-state index contributed by atoms with van der Waals surface area (Å²) in [5.74, 6) is -0.261. The Bertz CT molecular complexity index is 456. The summed E-state index contributed by atoms with van der Waals surface area (Å²) in [5, 5.41) is 9.61. The number of carbonyl (C=O) groups excluding carboxylic acids is 2. The van der Waals surface area contributed by atoms with E-state index in [1.165, 1.54) is 6.42 Å². The molecule has 5 nitrogen and oxygen atoms in total. The normalized spacial score (nSPS) is 18.5. The third-order valence-corrected chi connectivity index (χ3v) is 5.59. The molecule has 1 aliphatic rings. The number of aliphatic hydroxyl groups excluding tert-OH is 1. The Morgan fingerprint density at radius 2 is 1.75 bits per heavy atom. The maximum Gasteiger partial charge on any atom is 0.417 e. The van der Waals surface area contributed by atoms with Crippen LogP contribution in [-0.4, -0.2) is 40.3 Å². The average Bonchev–Trinajstić information content (AvgIpc) is 2.38. The summed E-state index contributed by atoms with van der Waals surface area (Å²) in [4.78, 5) is 26.6. The fraction of sp³-hybridized carbons (Fsp3) is 0.895. The van der Waals surface area contributed by atoms with Crippen LogP contribution in [0.1, 0.15) is 80.6 Å². The van der Waals surface area contributed by atoms with E-state index in [9.17, 15) is 14.7 Å². The van der Waals surface area contributed by atoms with E-state index in [0.29, 0.717) is 6.42 Å². The zero-order valence-corrected chi connectivity index (χ0v) is 16.4. The molecule has 1 rings (SSSR count). The van der Waals surface area contributed by atoms with Gasteiger partial charge in [-0.25, -0.2) is 9.69 Å². The van der Waals surface area contributed by atoms with Gasteiger partial charge in [0.1, 0.15) is 5.60 Å². The van der Waals surface area contributed by atoms with Gasteiger partial charge in [-0.2, -0.15) is 0 Å². The lowest BCUT2D eigenvalue weighted by Gasteiger charge is -2.51. The van der Waals surface area contributed by atoms with Crippen molar-refractivity contribution in [2.45, 2.75) is 92.2 Å². The molecule has 1 N–H and O–H groups in total. The zero-order chi connectivity index (χ0) is 18.8. The van der Waals surface area contributed by atoms with Gasteiger partial charge in [0.25, 0.3) is 0 Å². The van der Waals surface area contributed by atoms with Crippen molar-refractivity contribution in [2.75, 3.05) is 6.61 Å². The van der Waals surface area contributed by atoms with Crippen LogP contribution in [0, 0.1) is 10.8 Å². The van der Waals surface area contributed by atoms with Crippen LogP contribution < -0.4 is 0 Å². The van der Waals surface area contributed by atoms with Crippen molar-refractivity contribution in [3.8, 4) is 0 Å². The maximum absolute atomic E-state index is 12.9. The summed E-state index contributed by atoms with van der Waals surface area (Å²) in [6, 6.07) is -0.544. The van der Waals surface area contributed by atoms with Crippen molar-refractivity contribution in [2.24, 2.45) is 10.8 Å². The summed E-state index contributed by atoms with van der Waals surface area (Å²) in [6.07, 6.45) is 3.52. The van der Waals surface area contributed by atoms with E-state index in [-0.39, 0.29) is 29.8 Å². The van der Waals surface area contributed by atoms with Crippen molar-refractivity contribution in [1.82, 2.24) is 4.90 Å². The molecule has 0 aliphatic heterocycles. The van der Waals surface area contributed by atoms with Gasteiger partial charge in [-0.05, 0) is 50.9 Å². The molecule has 0 heterocycles. The average molecular weight is 341 g/mol. The minimum Gasteiger partial charge on any atom is -0.443 e. The van der Waals surface area contributed by atoms with Crippen LogP contribution in [0.15, 0.2) is 0 Å². The molecule has 0 aromatic carbocycles. The van der Waals surface area contributed by atoms with E-state index in [1.54, 1.807) is 20.8 Å². The Kier molecular flexibility index (Phi) is 6.48. The van der Waals surface area contributed by atoms with Crippen LogP contribution in [-0.2, 0) is 9.53 Å². The standard InChI is InChI=1S/C19H35NO4/c1-8-14(13-21)20(16(23)24-17(2,3)4)15(22)12-18(5,6)19(7)10-9-11-19/h14,21H,8-13H2,1-7H3/t14-/m0/s1. The molecule has 0 aromatic heterocycles. The Labute approximate surface area is 146 Å². The second-order valence-electron chi connectivity index (χ2n) is 8.96. The van der Waals surface area contributed by atoms with E-state index >= 15 is 0 Å². The zero-order valence-electron chi connectivity index (χ0n) is 16.4. The smallest absolute Gasteiger partial charge is 0.417 e. The van der Waals surface area contributed by atoms with Gasteiger partial charge in [-0.15, -0.1) is 0 Å². The Morgan fingerprint density at radius 3 is 2.08 bits per heavy atom. The first-order valence-electron chi connectivity index (χ1n) is 9.03.